The monoisotopic (exact) mass is 317 g/mol. The summed E-state index contributed by atoms with van der Waals surface area (Å²) in [5.74, 6) is -0.245. The number of carbonyl (C=O) groups excluding carboxylic acids is 1. The van der Waals surface area contributed by atoms with Gasteiger partial charge in [0.05, 0.1) is 16.8 Å². The molecule has 1 aromatic rings. The maximum atomic E-state index is 13.2. The van der Waals surface area contributed by atoms with Gasteiger partial charge in [-0.05, 0) is 50.0 Å². The van der Waals surface area contributed by atoms with E-state index in [1.165, 1.54) is 5.57 Å². The Bertz CT molecular complexity index is 892. The smallest absolute Gasteiger partial charge is 0.261 e. The van der Waals surface area contributed by atoms with Crippen molar-refractivity contribution in [1.82, 2.24) is 0 Å². The van der Waals surface area contributed by atoms with Gasteiger partial charge in [0.15, 0.2) is 0 Å². The van der Waals surface area contributed by atoms with E-state index in [2.05, 4.69) is 19.1 Å². The van der Waals surface area contributed by atoms with E-state index in [1.54, 1.807) is 4.90 Å². The molecule has 4 heteroatoms. The van der Waals surface area contributed by atoms with Gasteiger partial charge in [-0.2, -0.15) is 10.5 Å². The van der Waals surface area contributed by atoms with E-state index < -0.39 is 5.54 Å². The van der Waals surface area contributed by atoms with E-state index in [0.29, 0.717) is 5.56 Å². The minimum absolute atomic E-state index is 0.112. The first-order valence-electron chi connectivity index (χ1n) is 8.18. The molecule has 120 valence electrons. The average Bonchev–Trinajstić information content (AvgIpc) is 2.86. The van der Waals surface area contributed by atoms with Crippen molar-refractivity contribution in [2.24, 2.45) is 0 Å². The van der Waals surface area contributed by atoms with Gasteiger partial charge in [-0.15, -0.1) is 0 Å². The number of benzene rings is 1. The molecule has 1 atom stereocenters. The third-order valence-corrected chi connectivity index (χ3v) is 5.08. The normalized spacial score (nSPS) is 21.1. The summed E-state index contributed by atoms with van der Waals surface area (Å²) in [6, 6.07) is 7.79. The van der Waals surface area contributed by atoms with Gasteiger partial charge in [0.2, 0.25) is 0 Å². The van der Waals surface area contributed by atoms with Crippen molar-refractivity contribution in [2.75, 3.05) is 4.90 Å². The molecular weight excluding hydrogens is 298 g/mol. The first kappa shape index (κ1) is 16.0. The molecule has 4 nitrogen and oxygen atoms in total. The summed E-state index contributed by atoms with van der Waals surface area (Å²) in [5.41, 5.74) is 4.52. The molecule has 0 radical (unpaired) electrons. The highest BCUT2D eigenvalue weighted by Gasteiger charge is 2.47. The Balaban J connectivity index is 2.46. The third-order valence-electron chi connectivity index (χ3n) is 5.08. The molecule has 1 amide bonds. The topological polar surface area (TPSA) is 67.9 Å². The highest BCUT2D eigenvalue weighted by molar-refractivity contribution is 6.36. The minimum atomic E-state index is -0.447. The van der Waals surface area contributed by atoms with Crippen molar-refractivity contribution in [1.29, 1.82) is 10.5 Å². The molecule has 1 aromatic carbocycles. The largest absolute Gasteiger partial charge is 0.298 e. The van der Waals surface area contributed by atoms with Crippen LogP contribution in [-0.4, -0.2) is 11.4 Å². The first-order chi connectivity index (χ1) is 11.4. The molecule has 0 unspecified atom stereocenters. The predicted molar refractivity (Wildman–Crippen MR) is 93.8 cm³/mol. The van der Waals surface area contributed by atoms with Crippen LogP contribution in [0, 0.1) is 29.6 Å². The molecule has 24 heavy (non-hydrogen) atoms. The summed E-state index contributed by atoms with van der Waals surface area (Å²) in [4.78, 5) is 14.9. The number of nitrogens with zero attached hydrogens (tertiary/aromatic N) is 3. The van der Waals surface area contributed by atoms with Crippen molar-refractivity contribution in [3.05, 3.63) is 40.5 Å². The molecule has 2 aliphatic heterocycles. The molecule has 3 rings (SSSR count). The second-order valence-electron chi connectivity index (χ2n) is 6.56. The van der Waals surface area contributed by atoms with Crippen molar-refractivity contribution < 1.29 is 4.79 Å². The van der Waals surface area contributed by atoms with Crippen LogP contribution in [-0.2, 0) is 4.79 Å². The second kappa shape index (κ2) is 5.35. The second-order valence-corrected chi connectivity index (χ2v) is 6.56. The number of hydrogen-bond acceptors (Lipinski definition) is 3. The number of amides is 1. The first-order valence-corrected chi connectivity index (χ1v) is 8.18. The molecule has 0 N–H and O–H groups in total. The van der Waals surface area contributed by atoms with Gasteiger partial charge in [0.25, 0.3) is 5.91 Å². The van der Waals surface area contributed by atoms with E-state index in [0.717, 1.165) is 29.7 Å². The van der Waals surface area contributed by atoms with Gasteiger partial charge in [0, 0.05) is 11.1 Å². The molecule has 0 fully saturated rings. The Labute approximate surface area is 142 Å². The van der Waals surface area contributed by atoms with Gasteiger partial charge in [-0.3, -0.25) is 9.69 Å². The lowest BCUT2D eigenvalue weighted by molar-refractivity contribution is -0.113. The molecule has 0 spiro atoms. The van der Waals surface area contributed by atoms with E-state index in [9.17, 15) is 15.3 Å². The number of allylic oxidation sites excluding steroid dienone is 2. The van der Waals surface area contributed by atoms with Crippen molar-refractivity contribution >= 4 is 22.7 Å². The lowest BCUT2D eigenvalue weighted by Gasteiger charge is -2.41. The maximum absolute atomic E-state index is 13.2. The quantitative estimate of drug-likeness (QED) is 0.608. The SMILES string of the molecule is CCC1=C[C@@](C)(CC)N2C(=O)C(=C(C#N)C#N)c3cc(C)cc1c32. The Morgan fingerprint density at radius 3 is 2.38 bits per heavy atom. The molecule has 0 bridgehead atoms. The van der Waals surface area contributed by atoms with Crippen LogP contribution in [0.5, 0.6) is 0 Å². The summed E-state index contributed by atoms with van der Waals surface area (Å²) in [5, 5.41) is 18.6. The zero-order valence-electron chi connectivity index (χ0n) is 14.4. The van der Waals surface area contributed by atoms with Crippen LogP contribution in [0.4, 0.5) is 5.69 Å². The summed E-state index contributed by atoms with van der Waals surface area (Å²) in [7, 11) is 0. The third kappa shape index (κ3) is 1.93. The summed E-state index contributed by atoms with van der Waals surface area (Å²) < 4.78 is 0. The molecule has 2 heterocycles. The highest BCUT2D eigenvalue weighted by atomic mass is 16.2. The zero-order chi connectivity index (χ0) is 17.6. The van der Waals surface area contributed by atoms with Crippen LogP contribution in [0.2, 0.25) is 0 Å². The van der Waals surface area contributed by atoms with Gasteiger partial charge in [0.1, 0.15) is 17.7 Å². The molecular formula is C20H19N3O. The van der Waals surface area contributed by atoms with E-state index in [-0.39, 0.29) is 17.1 Å². The maximum Gasteiger partial charge on any atom is 0.261 e. The van der Waals surface area contributed by atoms with Gasteiger partial charge < -0.3 is 0 Å². The Morgan fingerprint density at radius 1 is 1.21 bits per heavy atom. The van der Waals surface area contributed by atoms with Crippen LogP contribution in [0.1, 0.15) is 50.3 Å². The molecule has 0 aliphatic carbocycles. The fourth-order valence-corrected chi connectivity index (χ4v) is 3.72. The average molecular weight is 317 g/mol. The van der Waals surface area contributed by atoms with Crippen molar-refractivity contribution in [3.63, 3.8) is 0 Å². The molecule has 0 aromatic heterocycles. The van der Waals surface area contributed by atoms with Crippen molar-refractivity contribution in [3.8, 4) is 12.1 Å². The fourth-order valence-electron chi connectivity index (χ4n) is 3.72. The summed E-state index contributed by atoms with van der Waals surface area (Å²) >= 11 is 0. The van der Waals surface area contributed by atoms with E-state index in [1.807, 2.05) is 39.0 Å². The minimum Gasteiger partial charge on any atom is -0.298 e. The van der Waals surface area contributed by atoms with Crippen molar-refractivity contribution in [2.45, 2.75) is 46.1 Å². The van der Waals surface area contributed by atoms with Crippen LogP contribution < -0.4 is 4.90 Å². The standard InChI is InChI=1S/C20H19N3O/c1-5-13-9-20(4,6-2)23-18-15(13)7-12(3)8-16(18)17(19(23)24)14(10-21)11-22/h7-9H,5-6H2,1-4H3/t20-/m1/s1. The lowest BCUT2D eigenvalue weighted by Crippen LogP contribution is -2.48. The zero-order valence-corrected chi connectivity index (χ0v) is 14.4. The number of rotatable bonds is 2. The Kier molecular flexibility index (Phi) is 3.57. The lowest BCUT2D eigenvalue weighted by atomic mass is 9.84. The molecule has 0 saturated heterocycles. The van der Waals surface area contributed by atoms with Crippen LogP contribution in [0.15, 0.2) is 23.8 Å². The fraction of sp³-hybridized carbons (Fsp3) is 0.350. The number of carbonyl (C=O) groups is 1. The highest BCUT2D eigenvalue weighted by Crippen LogP contribution is 2.51. The van der Waals surface area contributed by atoms with E-state index >= 15 is 0 Å². The molecule has 0 saturated carbocycles. The van der Waals surface area contributed by atoms with Crippen LogP contribution >= 0.6 is 0 Å². The van der Waals surface area contributed by atoms with Crippen LogP contribution in [0.25, 0.3) is 11.1 Å². The van der Waals surface area contributed by atoms with Crippen LogP contribution in [0.3, 0.4) is 0 Å². The van der Waals surface area contributed by atoms with Gasteiger partial charge in [-0.25, -0.2) is 0 Å². The van der Waals surface area contributed by atoms with Gasteiger partial charge in [-0.1, -0.05) is 19.9 Å². The van der Waals surface area contributed by atoms with E-state index in [4.69, 9.17) is 0 Å². The Hall–Kier alpha value is -2.85. The number of nitriles is 2. The number of anilines is 1. The molecule has 2 aliphatic rings. The predicted octanol–water partition coefficient (Wildman–Crippen LogP) is 4.12. The summed E-state index contributed by atoms with van der Waals surface area (Å²) in [6.07, 6.45) is 3.80. The van der Waals surface area contributed by atoms with Gasteiger partial charge >= 0.3 is 0 Å². The summed E-state index contributed by atoms with van der Waals surface area (Å²) in [6.45, 7) is 8.16. The number of aryl methyl sites for hydroxylation is 1. The Morgan fingerprint density at radius 2 is 1.83 bits per heavy atom. The number of hydrogen-bond donors (Lipinski definition) is 0.